The Labute approximate surface area is 164 Å². The molecule has 4 rings (SSSR count). The Morgan fingerprint density at radius 3 is 2.59 bits per heavy atom. The molecule has 2 heterocycles. The van der Waals surface area contributed by atoms with Gasteiger partial charge in [0.25, 0.3) is 5.91 Å². The molecule has 1 aliphatic heterocycles. The van der Waals surface area contributed by atoms with E-state index in [1.54, 1.807) is 41.1 Å². The number of nitrogens with one attached hydrogen (secondary N) is 1. The van der Waals surface area contributed by atoms with Crippen LogP contribution in [0.4, 0.5) is 9.18 Å². The number of carboxylic acids is 1. The maximum absolute atomic E-state index is 13.9. The number of nitrogens with zero attached hydrogens (tertiary/aromatic N) is 2. The Morgan fingerprint density at radius 2 is 1.83 bits per heavy atom. The fourth-order valence-corrected chi connectivity index (χ4v) is 3.33. The number of halogens is 1. The first-order chi connectivity index (χ1) is 13.9. The standard InChI is InChI=1S/C21H16FN3O4/c22-16-7-3-1-5-13(16)11-25-20(28)17(23-21(25)29)9-14-10-24(12-19(26)27)18-8-4-2-6-15(14)18/h1-10H,11-12H2,(H,23,29)(H,26,27)/b17-9+. The minimum Gasteiger partial charge on any atom is -0.480 e. The van der Waals surface area contributed by atoms with E-state index in [1.165, 1.54) is 24.3 Å². The van der Waals surface area contributed by atoms with Crippen molar-refractivity contribution in [2.24, 2.45) is 0 Å². The van der Waals surface area contributed by atoms with Gasteiger partial charge in [-0.15, -0.1) is 0 Å². The third kappa shape index (κ3) is 3.47. The Balaban J connectivity index is 1.67. The van der Waals surface area contributed by atoms with Crippen LogP contribution in [0.15, 0.2) is 60.4 Å². The number of carbonyl (C=O) groups excluding carboxylic acids is 2. The summed E-state index contributed by atoms with van der Waals surface area (Å²) in [6.07, 6.45) is 3.12. The van der Waals surface area contributed by atoms with Crippen LogP contribution in [-0.4, -0.2) is 32.5 Å². The lowest BCUT2D eigenvalue weighted by molar-refractivity contribution is -0.137. The topological polar surface area (TPSA) is 91.6 Å². The van der Waals surface area contributed by atoms with Gasteiger partial charge >= 0.3 is 12.0 Å². The molecular weight excluding hydrogens is 377 g/mol. The van der Waals surface area contributed by atoms with Gasteiger partial charge in [-0.05, 0) is 18.2 Å². The van der Waals surface area contributed by atoms with Crippen LogP contribution in [0, 0.1) is 5.82 Å². The molecule has 146 valence electrons. The molecule has 3 aromatic rings. The summed E-state index contributed by atoms with van der Waals surface area (Å²) in [7, 11) is 0. The number of para-hydroxylation sites is 1. The molecule has 0 atom stereocenters. The van der Waals surface area contributed by atoms with Crippen molar-refractivity contribution < 1.29 is 23.9 Å². The molecule has 0 radical (unpaired) electrons. The van der Waals surface area contributed by atoms with Crippen LogP contribution in [-0.2, 0) is 22.7 Å². The monoisotopic (exact) mass is 393 g/mol. The fourth-order valence-electron chi connectivity index (χ4n) is 3.33. The second kappa shape index (κ2) is 7.23. The van der Waals surface area contributed by atoms with E-state index in [1.807, 2.05) is 0 Å². The molecule has 0 aliphatic carbocycles. The van der Waals surface area contributed by atoms with Crippen LogP contribution >= 0.6 is 0 Å². The van der Waals surface area contributed by atoms with Crippen LogP contribution in [0.5, 0.6) is 0 Å². The van der Waals surface area contributed by atoms with Gasteiger partial charge in [-0.1, -0.05) is 36.4 Å². The van der Waals surface area contributed by atoms with Gasteiger partial charge in [0.1, 0.15) is 18.1 Å². The van der Waals surface area contributed by atoms with E-state index in [9.17, 15) is 18.8 Å². The fraction of sp³-hybridized carbons (Fsp3) is 0.0952. The summed E-state index contributed by atoms with van der Waals surface area (Å²) in [4.78, 5) is 37.0. The zero-order valence-corrected chi connectivity index (χ0v) is 15.1. The van der Waals surface area contributed by atoms with Gasteiger partial charge in [0.2, 0.25) is 0 Å². The number of hydrogen-bond acceptors (Lipinski definition) is 3. The van der Waals surface area contributed by atoms with Crippen molar-refractivity contribution in [1.29, 1.82) is 0 Å². The Hall–Kier alpha value is -3.94. The van der Waals surface area contributed by atoms with Gasteiger partial charge in [0.15, 0.2) is 0 Å². The van der Waals surface area contributed by atoms with Gasteiger partial charge < -0.3 is 15.0 Å². The molecule has 7 nitrogen and oxygen atoms in total. The quantitative estimate of drug-likeness (QED) is 0.515. The average Bonchev–Trinajstić information content (AvgIpc) is 3.15. The first kappa shape index (κ1) is 18.4. The number of imide groups is 1. The summed E-state index contributed by atoms with van der Waals surface area (Å²) < 4.78 is 15.4. The number of amides is 3. The summed E-state index contributed by atoms with van der Waals surface area (Å²) >= 11 is 0. The molecule has 3 amide bonds. The highest BCUT2D eigenvalue weighted by Gasteiger charge is 2.34. The number of aromatic nitrogens is 1. The molecule has 0 bridgehead atoms. The number of carbonyl (C=O) groups is 3. The number of fused-ring (bicyclic) bond motifs is 1. The second-order valence-corrected chi connectivity index (χ2v) is 6.59. The normalized spacial score (nSPS) is 15.3. The van der Waals surface area contributed by atoms with Gasteiger partial charge in [0.05, 0.1) is 6.54 Å². The Kier molecular flexibility index (Phi) is 4.59. The van der Waals surface area contributed by atoms with Crippen molar-refractivity contribution in [3.63, 3.8) is 0 Å². The van der Waals surface area contributed by atoms with Crippen molar-refractivity contribution in [2.75, 3.05) is 0 Å². The van der Waals surface area contributed by atoms with E-state index < -0.39 is 23.7 Å². The number of benzene rings is 2. The molecule has 8 heteroatoms. The van der Waals surface area contributed by atoms with E-state index in [4.69, 9.17) is 5.11 Å². The number of hydrogen-bond donors (Lipinski definition) is 2. The highest BCUT2D eigenvalue weighted by atomic mass is 19.1. The van der Waals surface area contributed by atoms with Gasteiger partial charge in [-0.2, -0.15) is 0 Å². The summed E-state index contributed by atoms with van der Waals surface area (Å²) in [5.74, 6) is -2.07. The van der Waals surface area contributed by atoms with Crippen molar-refractivity contribution in [2.45, 2.75) is 13.1 Å². The molecule has 0 saturated carbocycles. The largest absolute Gasteiger partial charge is 0.480 e. The number of aliphatic carboxylic acids is 1. The van der Waals surface area contributed by atoms with Crippen LogP contribution in [0.2, 0.25) is 0 Å². The first-order valence-corrected chi connectivity index (χ1v) is 8.81. The summed E-state index contributed by atoms with van der Waals surface area (Å²) in [5.41, 5.74) is 1.57. The minimum absolute atomic E-state index is 0.0459. The smallest absolute Gasteiger partial charge is 0.329 e. The Morgan fingerprint density at radius 1 is 1.10 bits per heavy atom. The predicted molar refractivity (Wildman–Crippen MR) is 103 cm³/mol. The summed E-state index contributed by atoms with van der Waals surface area (Å²) in [6, 6.07) is 12.5. The number of carboxylic acid groups (broad SMARTS) is 1. The van der Waals surface area contributed by atoms with E-state index >= 15 is 0 Å². The molecule has 1 fully saturated rings. The van der Waals surface area contributed by atoms with Gasteiger partial charge in [0, 0.05) is 28.2 Å². The lowest BCUT2D eigenvalue weighted by Crippen LogP contribution is -2.30. The molecule has 1 aromatic heterocycles. The summed E-state index contributed by atoms with van der Waals surface area (Å²) in [6.45, 7) is -0.418. The number of urea groups is 1. The second-order valence-electron chi connectivity index (χ2n) is 6.59. The Bertz CT molecular complexity index is 1180. The van der Waals surface area contributed by atoms with Crippen LogP contribution < -0.4 is 5.32 Å². The highest BCUT2D eigenvalue weighted by Crippen LogP contribution is 2.25. The minimum atomic E-state index is -0.994. The lowest BCUT2D eigenvalue weighted by atomic mass is 10.1. The third-order valence-electron chi connectivity index (χ3n) is 4.67. The SMILES string of the molecule is O=C(O)Cn1cc(/C=C2/NC(=O)N(Cc3ccccc3F)C2=O)c2ccccc21. The van der Waals surface area contributed by atoms with Crippen LogP contribution in [0.1, 0.15) is 11.1 Å². The van der Waals surface area contributed by atoms with Crippen molar-refractivity contribution in [1.82, 2.24) is 14.8 Å². The van der Waals surface area contributed by atoms with Gasteiger partial charge in [-0.3, -0.25) is 14.5 Å². The van der Waals surface area contributed by atoms with Crippen molar-refractivity contribution in [3.05, 3.63) is 77.4 Å². The van der Waals surface area contributed by atoms with Crippen LogP contribution in [0.3, 0.4) is 0 Å². The average molecular weight is 393 g/mol. The zero-order valence-electron chi connectivity index (χ0n) is 15.1. The highest BCUT2D eigenvalue weighted by molar-refractivity contribution is 6.14. The number of rotatable bonds is 5. The van der Waals surface area contributed by atoms with E-state index in [0.717, 1.165) is 10.3 Å². The summed E-state index contributed by atoms with van der Waals surface area (Å²) in [5, 5.41) is 12.4. The van der Waals surface area contributed by atoms with E-state index in [0.29, 0.717) is 11.1 Å². The van der Waals surface area contributed by atoms with Gasteiger partial charge in [-0.25, -0.2) is 9.18 Å². The maximum atomic E-state index is 13.9. The molecule has 2 aromatic carbocycles. The molecule has 0 unspecified atom stereocenters. The third-order valence-corrected chi connectivity index (χ3v) is 4.67. The molecule has 1 saturated heterocycles. The van der Waals surface area contributed by atoms with E-state index in [2.05, 4.69) is 5.32 Å². The van der Waals surface area contributed by atoms with Crippen molar-refractivity contribution >= 4 is 34.9 Å². The predicted octanol–water partition coefficient (Wildman–Crippen LogP) is 2.96. The maximum Gasteiger partial charge on any atom is 0.329 e. The lowest BCUT2D eigenvalue weighted by Gasteiger charge is -2.12. The van der Waals surface area contributed by atoms with Crippen molar-refractivity contribution in [3.8, 4) is 0 Å². The van der Waals surface area contributed by atoms with E-state index in [-0.39, 0.29) is 24.4 Å². The molecule has 1 aliphatic rings. The molecule has 2 N–H and O–H groups in total. The zero-order chi connectivity index (χ0) is 20.5. The molecule has 29 heavy (non-hydrogen) atoms. The first-order valence-electron chi connectivity index (χ1n) is 8.81. The molecular formula is C21H16FN3O4. The molecule has 0 spiro atoms. The van der Waals surface area contributed by atoms with Crippen LogP contribution in [0.25, 0.3) is 17.0 Å².